The van der Waals surface area contributed by atoms with Crippen molar-refractivity contribution in [2.75, 3.05) is 0 Å². The minimum atomic E-state index is -0.889. The van der Waals surface area contributed by atoms with Gasteiger partial charge in [0.05, 0.1) is 17.7 Å². The Hall–Kier alpha value is -2.94. The van der Waals surface area contributed by atoms with E-state index in [1.807, 2.05) is 0 Å². The predicted molar refractivity (Wildman–Crippen MR) is 69.1 cm³/mol. The Bertz CT molecular complexity index is 582. The number of rotatable bonds is 4. The number of aromatic amines is 1. The molecule has 0 unspecified atom stereocenters. The molecule has 0 spiro atoms. The van der Waals surface area contributed by atoms with Crippen LogP contribution in [-0.4, -0.2) is 32.0 Å². The summed E-state index contributed by atoms with van der Waals surface area (Å²) in [5.41, 5.74) is 4.21. The number of carboxylic acids is 1. The van der Waals surface area contributed by atoms with Gasteiger partial charge in [0.2, 0.25) is 0 Å². The number of benzene rings is 1. The molecule has 112 valence electrons. The van der Waals surface area contributed by atoms with E-state index in [4.69, 9.17) is 5.11 Å². The molecular formula is C12H14N4O5. The van der Waals surface area contributed by atoms with Crippen molar-refractivity contribution in [3.63, 3.8) is 0 Å². The van der Waals surface area contributed by atoms with Crippen LogP contribution in [0.4, 0.5) is 5.69 Å². The quantitative estimate of drug-likeness (QED) is 0.500. The number of non-ortho nitro benzene ring substituents is 1. The zero-order chi connectivity index (χ0) is 15.8. The fourth-order valence-corrected chi connectivity index (χ4v) is 1.32. The van der Waals surface area contributed by atoms with Crippen LogP contribution in [-0.2, 0) is 11.2 Å². The smallest absolute Gasteiger partial charge is 0.362 e. The standard InChI is InChI=1S/C6H9N3O2.C6H5NO3/c7-5(6(10)11)1-4-2-8-3-9-4;8-6-3-1-5(2-4-6)7(9)10/h2-3,5H,1,7H2,(H,8,9)(H,10,11);1-4,8H/t5-;/m0./s1. The van der Waals surface area contributed by atoms with E-state index in [0.29, 0.717) is 6.42 Å². The lowest BCUT2D eigenvalue weighted by atomic mass is 10.2. The summed E-state index contributed by atoms with van der Waals surface area (Å²) in [6.45, 7) is 0. The van der Waals surface area contributed by atoms with Crippen LogP contribution in [0.15, 0.2) is 36.8 Å². The molecule has 0 saturated carbocycles. The van der Waals surface area contributed by atoms with Crippen molar-refractivity contribution in [1.29, 1.82) is 0 Å². The molecule has 5 N–H and O–H groups in total. The molecule has 0 fully saturated rings. The van der Waals surface area contributed by atoms with E-state index in [-0.39, 0.29) is 11.4 Å². The SMILES string of the molecule is O=[N+]([O-])c1ccc([O-])cc1.[NH3+][C@@H](Cc1cnc[nH]1)C(=O)O. The van der Waals surface area contributed by atoms with Crippen molar-refractivity contribution >= 4 is 11.7 Å². The minimum Gasteiger partial charge on any atom is -0.872 e. The monoisotopic (exact) mass is 294 g/mol. The largest absolute Gasteiger partial charge is 0.872 e. The molecule has 9 heteroatoms. The van der Waals surface area contributed by atoms with Gasteiger partial charge in [0, 0.05) is 24.0 Å². The highest BCUT2D eigenvalue weighted by molar-refractivity contribution is 5.71. The fourth-order valence-electron chi connectivity index (χ4n) is 1.32. The third-order valence-corrected chi connectivity index (χ3v) is 2.42. The molecule has 2 aromatic rings. The number of H-pyrrole nitrogens is 1. The van der Waals surface area contributed by atoms with Crippen LogP contribution in [0.1, 0.15) is 5.69 Å². The second kappa shape index (κ2) is 7.60. The number of aromatic nitrogens is 2. The van der Waals surface area contributed by atoms with Gasteiger partial charge in [0.1, 0.15) is 0 Å². The first-order valence-corrected chi connectivity index (χ1v) is 5.84. The van der Waals surface area contributed by atoms with Crippen LogP contribution in [0, 0.1) is 10.1 Å². The number of imidazole rings is 1. The van der Waals surface area contributed by atoms with Gasteiger partial charge in [-0.15, -0.1) is 5.75 Å². The van der Waals surface area contributed by atoms with Crippen LogP contribution < -0.4 is 10.8 Å². The van der Waals surface area contributed by atoms with Gasteiger partial charge in [0.25, 0.3) is 5.69 Å². The number of hydrogen-bond acceptors (Lipinski definition) is 5. The van der Waals surface area contributed by atoms with E-state index in [1.54, 1.807) is 6.20 Å². The maximum absolute atomic E-state index is 10.4. The normalized spacial score (nSPS) is 11.1. The zero-order valence-electron chi connectivity index (χ0n) is 10.9. The number of nitro groups is 1. The average molecular weight is 294 g/mol. The molecule has 0 aliphatic heterocycles. The highest BCUT2D eigenvalue weighted by atomic mass is 16.6. The van der Waals surface area contributed by atoms with Crippen LogP contribution in [0.25, 0.3) is 0 Å². The molecule has 0 saturated heterocycles. The maximum atomic E-state index is 10.4. The van der Waals surface area contributed by atoms with E-state index in [0.717, 1.165) is 17.8 Å². The second-order valence-electron chi connectivity index (χ2n) is 4.07. The van der Waals surface area contributed by atoms with Gasteiger partial charge in [-0.3, -0.25) is 10.1 Å². The third kappa shape index (κ3) is 5.70. The summed E-state index contributed by atoms with van der Waals surface area (Å²) in [6, 6.07) is 4.09. The number of quaternary nitrogens is 1. The van der Waals surface area contributed by atoms with E-state index in [9.17, 15) is 20.0 Å². The van der Waals surface area contributed by atoms with E-state index in [1.165, 1.54) is 18.5 Å². The molecule has 1 atom stereocenters. The van der Waals surface area contributed by atoms with Gasteiger partial charge in [-0.2, -0.15) is 0 Å². The number of nitro benzene ring substituents is 1. The Balaban J connectivity index is 0.000000211. The number of carbonyl (C=O) groups is 1. The van der Waals surface area contributed by atoms with Gasteiger partial charge in [-0.05, 0) is 0 Å². The summed E-state index contributed by atoms with van der Waals surface area (Å²) >= 11 is 0. The van der Waals surface area contributed by atoms with Crippen molar-refractivity contribution in [3.8, 4) is 5.75 Å². The Morgan fingerprint density at radius 2 is 2.05 bits per heavy atom. The minimum absolute atomic E-state index is 0.0559. The first-order valence-electron chi connectivity index (χ1n) is 5.84. The molecule has 2 rings (SSSR count). The average Bonchev–Trinajstić information content (AvgIpc) is 2.92. The second-order valence-corrected chi connectivity index (χ2v) is 4.07. The van der Waals surface area contributed by atoms with Gasteiger partial charge in [-0.1, -0.05) is 12.1 Å². The molecule has 0 aliphatic carbocycles. The Kier molecular flexibility index (Phi) is 5.83. The van der Waals surface area contributed by atoms with Crippen molar-refractivity contribution < 1.29 is 25.7 Å². The van der Waals surface area contributed by atoms with Gasteiger partial charge >= 0.3 is 5.97 Å². The fraction of sp³-hybridized carbons (Fsp3) is 0.167. The maximum Gasteiger partial charge on any atom is 0.362 e. The molecular weight excluding hydrogens is 280 g/mol. The molecule has 0 amide bonds. The number of aliphatic carboxylic acids is 1. The Labute approximate surface area is 119 Å². The van der Waals surface area contributed by atoms with Crippen molar-refractivity contribution in [3.05, 3.63) is 52.6 Å². The molecule has 1 aromatic carbocycles. The van der Waals surface area contributed by atoms with Crippen LogP contribution in [0.3, 0.4) is 0 Å². The van der Waals surface area contributed by atoms with Gasteiger partial charge in [0.15, 0.2) is 6.04 Å². The van der Waals surface area contributed by atoms with Crippen LogP contribution in [0.5, 0.6) is 5.75 Å². The molecule has 0 radical (unpaired) electrons. The predicted octanol–water partition coefficient (Wildman–Crippen LogP) is -0.684. The molecule has 9 nitrogen and oxygen atoms in total. The summed E-state index contributed by atoms with van der Waals surface area (Å²) in [5.74, 6) is -1.11. The highest BCUT2D eigenvalue weighted by Crippen LogP contribution is 2.12. The Morgan fingerprint density at radius 1 is 1.43 bits per heavy atom. The lowest BCUT2D eigenvalue weighted by Crippen LogP contribution is -2.66. The summed E-state index contributed by atoms with van der Waals surface area (Å²) in [7, 11) is 0. The number of hydrogen-bond donors (Lipinski definition) is 3. The van der Waals surface area contributed by atoms with Gasteiger partial charge < -0.3 is 20.9 Å². The summed E-state index contributed by atoms with van der Waals surface area (Å²) < 4.78 is 0. The van der Waals surface area contributed by atoms with E-state index < -0.39 is 16.9 Å². The first-order chi connectivity index (χ1) is 9.90. The number of nitrogens with zero attached hydrogens (tertiary/aromatic N) is 2. The summed E-state index contributed by atoms with van der Waals surface area (Å²) in [4.78, 5) is 26.4. The first kappa shape index (κ1) is 16.1. The van der Waals surface area contributed by atoms with Crippen molar-refractivity contribution in [2.45, 2.75) is 12.5 Å². The van der Waals surface area contributed by atoms with Crippen LogP contribution >= 0.6 is 0 Å². The van der Waals surface area contributed by atoms with Gasteiger partial charge in [-0.25, -0.2) is 9.78 Å². The van der Waals surface area contributed by atoms with Crippen molar-refractivity contribution in [2.24, 2.45) is 0 Å². The molecule has 0 bridgehead atoms. The highest BCUT2D eigenvalue weighted by Gasteiger charge is 2.16. The lowest BCUT2D eigenvalue weighted by molar-refractivity contribution is -0.407. The lowest BCUT2D eigenvalue weighted by Gasteiger charge is -2.00. The zero-order valence-corrected chi connectivity index (χ0v) is 10.9. The number of carboxylic acid groups (broad SMARTS) is 1. The Morgan fingerprint density at radius 3 is 2.48 bits per heavy atom. The van der Waals surface area contributed by atoms with E-state index >= 15 is 0 Å². The van der Waals surface area contributed by atoms with E-state index in [2.05, 4.69) is 15.7 Å². The molecule has 0 aliphatic rings. The summed E-state index contributed by atoms with van der Waals surface area (Å²) in [6.07, 6.45) is 3.51. The molecule has 21 heavy (non-hydrogen) atoms. The topological polar surface area (TPSA) is 160 Å². The van der Waals surface area contributed by atoms with Crippen LogP contribution in [0.2, 0.25) is 0 Å². The summed E-state index contributed by atoms with van der Waals surface area (Å²) in [5, 5.41) is 28.9. The third-order valence-electron chi connectivity index (χ3n) is 2.42. The van der Waals surface area contributed by atoms with Crippen molar-refractivity contribution in [1.82, 2.24) is 9.97 Å². The number of nitrogens with one attached hydrogen (secondary N) is 1. The molecule has 1 heterocycles. The molecule has 1 aromatic heterocycles.